The van der Waals surface area contributed by atoms with Crippen LogP contribution in [0.25, 0.3) is 0 Å². The van der Waals surface area contributed by atoms with Crippen LogP contribution in [0.4, 0.5) is 5.82 Å². The minimum atomic E-state index is 0. The molecule has 0 aromatic carbocycles. The zero-order valence-electron chi connectivity index (χ0n) is 17.9. The van der Waals surface area contributed by atoms with Crippen LogP contribution in [-0.2, 0) is 4.74 Å². The van der Waals surface area contributed by atoms with E-state index in [0.717, 1.165) is 81.8 Å². The number of aliphatic imine (C=N–C) groups is 1. The lowest BCUT2D eigenvalue weighted by molar-refractivity contribution is 0.0782. The van der Waals surface area contributed by atoms with Crippen molar-refractivity contribution in [1.29, 1.82) is 0 Å². The number of ether oxygens (including phenoxy) is 1. The Morgan fingerprint density at radius 3 is 2.66 bits per heavy atom. The highest BCUT2D eigenvalue weighted by Crippen LogP contribution is 2.34. The van der Waals surface area contributed by atoms with Gasteiger partial charge in [0.15, 0.2) is 5.96 Å². The quantitative estimate of drug-likeness (QED) is 0.332. The van der Waals surface area contributed by atoms with Crippen molar-refractivity contribution in [1.82, 2.24) is 15.6 Å². The maximum absolute atomic E-state index is 5.58. The summed E-state index contributed by atoms with van der Waals surface area (Å²) in [6.07, 6.45) is 4.41. The summed E-state index contributed by atoms with van der Waals surface area (Å²) >= 11 is 2.06. The molecule has 2 aliphatic heterocycles. The Kier molecular flexibility index (Phi) is 10.3. The number of hydrogen-bond acceptors (Lipinski definition) is 5. The zero-order valence-corrected chi connectivity index (χ0v) is 21.1. The van der Waals surface area contributed by atoms with Crippen LogP contribution in [0.15, 0.2) is 23.2 Å². The number of nitrogens with one attached hydrogen (secondary N) is 2. The Balaban J connectivity index is 0.00000300. The molecule has 8 heteroatoms. The van der Waals surface area contributed by atoms with Crippen LogP contribution < -0.4 is 15.5 Å². The van der Waals surface area contributed by atoms with Gasteiger partial charge in [-0.3, -0.25) is 4.99 Å². The predicted molar refractivity (Wildman–Crippen MR) is 135 cm³/mol. The minimum absolute atomic E-state index is 0. The topological polar surface area (TPSA) is 61.8 Å². The van der Waals surface area contributed by atoms with Gasteiger partial charge in [0.05, 0.1) is 0 Å². The molecule has 2 N–H and O–H groups in total. The van der Waals surface area contributed by atoms with Crippen molar-refractivity contribution in [3.8, 4) is 0 Å². The first kappa shape index (κ1) is 24.5. The Morgan fingerprint density at radius 1 is 1.31 bits per heavy atom. The van der Waals surface area contributed by atoms with Gasteiger partial charge in [-0.25, -0.2) is 4.98 Å². The smallest absolute Gasteiger partial charge is 0.191 e. The number of pyridine rings is 1. The summed E-state index contributed by atoms with van der Waals surface area (Å²) in [7, 11) is 1.87. The maximum atomic E-state index is 5.58. The SMILES string of the molecule is CCSC1(CNC(=NC)NC2CCN(c3cccc(C)n3)CC2)CCOCC1.I. The van der Waals surface area contributed by atoms with Crippen molar-refractivity contribution < 1.29 is 4.74 Å². The van der Waals surface area contributed by atoms with Crippen molar-refractivity contribution >= 4 is 47.5 Å². The second-order valence-electron chi connectivity index (χ2n) is 7.70. The second kappa shape index (κ2) is 12.2. The molecule has 6 nitrogen and oxygen atoms in total. The molecule has 0 saturated carbocycles. The minimum Gasteiger partial charge on any atom is -0.381 e. The van der Waals surface area contributed by atoms with Crippen LogP contribution in [0.5, 0.6) is 0 Å². The third-order valence-electron chi connectivity index (χ3n) is 5.69. The van der Waals surface area contributed by atoms with E-state index in [1.807, 2.05) is 7.05 Å². The molecule has 0 radical (unpaired) electrons. The normalized spacial score (nSPS) is 20.1. The van der Waals surface area contributed by atoms with Crippen molar-refractivity contribution in [3.63, 3.8) is 0 Å². The van der Waals surface area contributed by atoms with E-state index in [1.165, 1.54) is 0 Å². The number of anilines is 1. The van der Waals surface area contributed by atoms with Gasteiger partial charge in [0.2, 0.25) is 0 Å². The standard InChI is InChI=1S/C21H35N5OS.HI/c1-4-28-21(10-14-27-15-11-21)16-23-20(22-3)25-18-8-12-26(13-9-18)19-7-5-6-17(2)24-19;/h5-7,18H,4,8-16H2,1-3H3,(H2,22,23,25);1H. The van der Waals surface area contributed by atoms with Crippen molar-refractivity contribution in [2.45, 2.75) is 50.3 Å². The van der Waals surface area contributed by atoms with E-state index < -0.39 is 0 Å². The number of hydrogen-bond donors (Lipinski definition) is 2. The lowest BCUT2D eigenvalue weighted by Gasteiger charge is -2.38. The van der Waals surface area contributed by atoms with Gasteiger partial charge in [-0.05, 0) is 50.5 Å². The Labute approximate surface area is 197 Å². The number of aryl methyl sites for hydroxylation is 1. The molecular formula is C21H36IN5OS. The number of rotatable bonds is 6. The molecule has 1 aromatic heterocycles. The van der Waals surface area contributed by atoms with E-state index in [2.05, 4.69) is 69.3 Å². The van der Waals surface area contributed by atoms with Gasteiger partial charge in [0, 0.05) is 56.4 Å². The van der Waals surface area contributed by atoms with Crippen LogP contribution >= 0.6 is 35.7 Å². The van der Waals surface area contributed by atoms with E-state index in [9.17, 15) is 0 Å². The molecule has 0 bridgehead atoms. The molecule has 3 heterocycles. The molecule has 0 aliphatic carbocycles. The lowest BCUT2D eigenvalue weighted by Crippen LogP contribution is -2.52. The Hall–Kier alpha value is -0.740. The molecule has 3 rings (SSSR count). The first-order chi connectivity index (χ1) is 13.6. The number of thioether (sulfide) groups is 1. The molecule has 2 fully saturated rings. The predicted octanol–water partition coefficient (Wildman–Crippen LogP) is 3.44. The number of aromatic nitrogens is 1. The van der Waals surface area contributed by atoms with E-state index in [1.54, 1.807) is 0 Å². The van der Waals surface area contributed by atoms with Gasteiger partial charge in [-0.15, -0.1) is 24.0 Å². The summed E-state index contributed by atoms with van der Waals surface area (Å²) in [5.41, 5.74) is 1.08. The second-order valence-corrected chi connectivity index (χ2v) is 9.43. The number of guanidine groups is 1. The Morgan fingerprint density at radius 2 is 2.03 bits per heavy atom. The summed E-state index contributed by atoms with van der Waals surface area (Å²) in [4.78, 5) is 11.5. The highest BCUT2D eigenvalue weighted by Gasteiger charge is 2.33. The fourth-order valence-corrected chi connectivity index (χ4v) is 5.25. The van der Waals surface area contributed by atoms with Crippen LogP contribution in [0.3, 0.4) is 0 Å². The number of halogens is 1. The molecule has 0 atom stereocenters. The molecule has 164 valence electrons. The maximum Gasteiger partial charge on any atom is 0.191 e. The van der Waals surface area contributed by atoms with Gasteiger partial charge in [0.1, 0.15) is 5.82 Å². The molecule has 0 amide bonds. The van der Waals surface area contributed by atoms with Gasteiger partial charge < -0.3 is 20.3 Å². The first-order valence-electron chi connectivity index (χ1n) is 10.5. The average molecular weight is 534 g/mol. The van der Waals surface area contributed by atoms with Crippen molar-refractivity contribution in [3.05, 3.63) is 23.9 Å². The molecule has 29 heavy (non-hydrogen) atoms. The summed E-state index contributed by atoms with van der Waals surface area (Å²) in [6, 6.07) is 6.71. The lowest BCUT2D eigenvalue weighted by atomic mass is 9.99. The third kappa shape index (κ3) is 7.17. The van der Waals surface area contributed by atoms with Crippen LogP contribution in [0.2, 0.25) is 0 Å². The van der Waals surface area contributed by atoms with Gasteiger partial charge in [-0.2, -0.15) is 11.8 Å². The summed E-state index contributed by atoms with van der Waals surface area (Å²) < 4.78 is 5.85. The zero-order chi connectivity index (χ0) is 19.8. The molecule has 0 unspecified atom stereocenters. The van der Waals surface area contributed by atoms with Gasteiger partial charge in [0.25, 0.3) is 0 Å². The van der Waals surface area contributed by atoms with E-state index in [0.29, 0.717) is 6.04 Å². The molecular weight excluding hydrogens is 497 g/mol. The molecule has 0 spiro atoms. The van der Waals surface area contributed by atoms with Crippen LogP contribution in [-0.4, -0.2) is 67.4 Å². The van der Waals surface area contributed by atoms with Crippen LogP contribution in [0.1, 0.15) is 38.3 Å². The third-order valence-corrected chi connectivity index (χ3v) is 7.14. The van der Waals surface area contributed by atoms with E-state index in [-0.39, 0.29) is 28.7 Å². The van der Waals surface area contributed by atoms with Crippen molar-refractivity contribution in [2.75, 3.05) is 50.5 Å². The highest BCUT2D eigenvalue weighted by atomic mass is 127. The largest absolute Gasteiger partial charge is 0.381 e. The average Bonchev–Trinajstić information content (AvgIpc) is 2.72. The molecule has 2 saturated heterocycles. The summed E-state index contributed by atoms with van der Waals surface area (Å²) in [5, 5.41) is 7.24. The summed E-state index contributed by atoms with van der Waals surface area (Å²) in [6.45, 7) is 9.02. The number of nitrogens with zero attached hydrogens (tertiary/aromatic N) is 3. The van der Waals surface area contributed by atoms with Gasteiger partial charge >= 0.3 is 0 Å². The fourth-order valence-electron chi connectivity index (χ4n) is 4.01. The monoisotopic (exact) mass is 533 g/mol. The van der Waals surface area contributed by atoms with Crippen molar-refractivity contribution in [2.24, 2.45) is 4.99 Å². The first-order valence-corrected chi connectivity index (χ1v) is 11.5. The number of piperidine rings is 1. The fraction of sp³-hybridized carbons (Fsp3) is 0.714. The van der Waals surface area contributed by atoms with Gasteiger partial charge in [-0.1, -0.05) is 13.0 Å². The van der Waals surface area contributed by atoms with E-state index >= 15 is 0 Å². The summed E-state index contributed by atoms with van der Waals surface area (Å²) in [5.74, 6) is 3.16. The van der Waals surface area contributed by atoms with Crippen LogP contribution in [0, 0.1) is 6.92 Å². The molecule has 1 aromatic rings. The van der Waals surface area contributed by atoms with E-state index in [4.69, 9.17) is 4.74 Å². The Bertz CT molecular complexity index is 640. The highest BCUT2D eigenvalue weighted by molar-refractivity contribution is 14.0. The molecule has 2 aliphatic rings.